The van der Waals surface area contributed by atoms with Crippen molar-refractivity contribution in [3.05, 3.63) is 64.1 Å². The van der Waals surface area contributed by atoms with Crippen LogP contribution in [-0.2, 0) is 13.0 Å². The summed E-state index contributed by atoms with van der Waals surface area (Å²) in [7, 11) is 4.01. The standard InChI is InChI=1S/C20H28N4O2/c1-4-5-13-24-19(25)12-11-18(22-24)20(26)21-15-17(23(2)3)14-16-9-7-6-8-10-16/h6-12,17H,4-5,13-15H2,1-3H3,(H,21,26). The molecule has 26 heavy (non-hydrogen) atoms. The number of carbonyl (C=O) groups excluding carboxylic acids is 1. The van der Waals surface area contributed by atoms with Crippen LogP contribution in [0.5, 0.6) is 0 Å². The predicted molar refractivity (Wildman–Crippen MR) is 103 cm³/mol. The van der Waals surface area contributed by atoms with E-state index in [9.17, 15) is 9.59 Å². The molecular formula is C20H28N4O2. The predicted octanol–water partition coefficient (Wildman–Crippen LogP) is 1.95. The van der Waals surface area contributed by atoms with Crippen LogP contribution in [0.2, 0.25) is 0 Å². The van der Waals surface area contributed by atoms with Gasteiger partial charge in [-0.2, -0.15) is 5.10 Å². The van der Waals surface area contributed by atoms with Crippen molar-refractivity contribution < 1.29 is 4.79 Å². The maximum Gasteiger partial charge on any atom is 0.271 e. The molecule has 0 radical (unpaired) electrons. The van der Waals surface area contributed by atoms with Gasteiger partial charge < -0.3 is 10.2 Å². The highest BCUT2D eigenvalue weighted by atomic mass is 16.2. The summed E-state index contributed by atoms with van der Waals surface area (Å²) in [5, 5.41) is 7.14. The second-order valence-corrected chi connectivity index (χ2v) is 6.65. The van der Waals surface area contributed by atoms with E-state index in [-0.39, 0.29) is 23.2 Å². The van der Waals surface area contributed by atoms with Crippen LogP contribution in [0.3, 0.4) is 0 Å². The summed E-state index contributed by atoms with van der Waals surface area (Å²) in [6, 6.07) is 13.3. The van der Waals surface area contributed by atoms with Crippen molar-refractivity contribution >= 4 is 5.91 Å². The van der Waals surface area contributed by atoms with Gasteiger partial charge in [0.1, 0.15) is 5.69 Å². The highest BCUT2D eigenvalue weighted by molar-refractivity contribution is 5.92. The maximum absolute atomic E-state index is 12.5. The van der Waals surface area contributed by atoms with Gasteiger partial charge in [-0.15, -0.1) is 0 Å². The Hall–Kier alpha value is -2.47. The van der Waals surface area contributed by atoms with Crippen molar-refractivity contribution in [2.75, 3.05) is 20.6 Å². The van der Waals surface area contributed by atoms with Crippen LogP contribution in [0.4, 0.5) is 0 Å². The number of nitrogens with one attached hydrogen (secondary N) is 1. The lowest BCUT2D eigenvalue weighted by Crippen LogP contribution is -2.42. The van der Waals surface area contributed by atoms with Gasteiger partial charge in [-0.1, -0.05) is 43.7 Å². The van der Waals surface area contributed by atoms with Gasteiger partial charge in [-0.25, -0.2) is 4.68 Å². The summed E-state index contributed by atoms with van der Waals surface area (Å²) in [6.45, 7) is 3.09. The minimum atomic E-state index is -0.254. The molecule has 1 aromatic heterocycles. The molecule has 0 saturated heterocycles. The number of hydrogen-bond donors (Lipinski definition) is 1. The molecule has 0 fully saturated rings. The zero-order chi connectivity index (χ0) is 18.9. The number of nitrogens with zero attached hydrogens (tertiary/aromatic N) is 3. The Labute approximate surface area is 154 Å². The second-order valence-electron chi connectivity index (χ2n) is 6.65. The van der Waals surface area contributed by atoms with Crippen molar-refractivity contribution in [1.29, 1.82) is 0 Å². The third-order valence-corrected chi connectivity index (χ3v) is 4.37. The van der Waals surface area contributed by atoms with E-state index in [0.29, 0.717) is 13.1 Å². The highest BCUT2D eigenvalue weighted by Gasteiger charge is 2.15. The maximum atomic E-state index is 12.5. The van der Waals surface area contributed by atoms with Gasteiger partial charge >= 0.3 is 0 Å². The molecule has 0 spiro atoms. The van der Waals surface area contributed by atoms with E-state index in [4.69, 9.17) is 0 Å². The molecule has 2 rings (SSSR count). The molecule has 1 atom stereocenters. The molecule has 0 aliphatic rings. The Morgan fingerprint density at radius 2 is 1.92 bits per heavy atom. The van der Waals surface area contributed by atoms with Crippen LogP contribution >= 0.6 is 0 Å². The van der Waals surface area contributed by atoms with Crippen LogP contribution in [-0.4, -0.2) is 47.3 Å². The molecule has 1 heterocycles. The van der Waals surface area contributed by atoms with Gasteiger partial charge in [-0.3, -0.25) is 9.59 Å². The Morgan fingerprint density at radius 3 is 2.58 bits per heavy atom. The summed E-state index contributed by atoms with van der Waals surface area (Å²) in [6.07, 6.45) is 2.67. The summed E-state index contributed by atoms with van der Waals surface area (Å²) in [5.74, 6) is -0.254. The lowest BCUT2D eigenvalue weighted by Gasteiger charge is -2.24. The lowest BCUT2D eigenvalue weighted by molar-refractivity contribution is 0.0934. The van der Waals surface area contributed by atoms with Crippen LogP contribution in [0.15, 0.2) is 47.3 Å². The SMILES string of the molecule is CCCCn1nc(C(=O)NCC(Cc2ccccc2)N(C)C)ccc1=O. The second kappa shape index (κ2) is 9.87. The van der Waals surface area contributed by atoms with Gasteiger partial charge in [0.25, 0.3) is 11.5 Å². The van der Waals surface area contributed by atoms with E-state index >= 15 is 0 Å². The number of likely N-dealkylation sites (N-methyl/N-ethyl adjacent to an activating group) is 1. The van der Waals surface area contributed by atoms with Crippen molar-refractivity contribution in [1.82, 2.24) is 20.0 Å². The van der Waals surface area contributed by atoms with Crippen LogP contribution in [0, 0.1) is 0 Å². The fourth-order valence-electron chi connectivity index (χ4n) is 2.66. The van der Waals surface area contributed by atoms with Gasteiger partial charge in [0.05, 0.1) is 0 Å². The average Bonchev–Trinajstić information content (AvgIpc) is 2.64. The zero-order valence-electron chi connectivity index (χ0n) is 15.8. The minimum Gasteiger partial charge on any atom is -0.349 e. The van der Waals surface area contributed by atoms with E-state index in [2.05, 4.69) is 34.4 Å². The lowest BCUT2D eigenvalue weighted by atomic mass is 10.1. The minimum absolute atomic E-state index is 0.173. The molecule has 1 aromatic carbocycles. The molecule has 0 aliphatic carbocycles. The first-order chi connectivity index (χ1) is 12.5. The van der Waals surface area contributed by atoms with Gasteiger partial charge in [-0.05, 0) is 38.6 Å². The molecule has 0 bridgehead atoms. The molecule has 1 amide bonds. The number of unbranched alkanes of at least 4 members (excludes halogenated alkanes) is 1. The first-order valence-corrected chi connectivity index (χ1v) is 9.08. The summed E-state index contributed by atoms with van der Waals surface area (Å²) >= 11 is 0. The Kier molecular flexibility index (Phi) is 7.53. The van der Waals surface area contributed by atoms with E-state index < -0.39 is 0 Å². The smallest absolute Gasteiger partial charge is 0.271 e. The number of carbonyl (C=O) groups is 1. The zero-order valence-corrected chi connectivity index (χ0v) is 15.8. The average molecular weight is 356 g/mol. The summed E-state index contributed by atoms with van der Waals surface area (Å²) < 4.78 is 1.37. The third kappa shape index (κ3) is 5.81. The molecule has 1 unspecified atom stereocenters. The number of rotatable bonds is 9. The Morgan fingerprint density at radius 1 is 1.19 bits per heavy atom. The summed E-state index contributed by atoms with van der Waals surface area (Å²) in [5.41, 5.74) is 1.33. The van der Waals surface area contributed by atoms with Gasteiger partial charge in [0.2, 0.25) is 0 Å². The fraction of sp³-hybridized carbons (Fsp3) is 0.450. The quantitative estimate of drug-likeness (QED) is 0.746. The molecule has 2 aromatic rings. The topological polar surface area (TPSA) is 67.2 Å². The Bertz CT molecular complexity index is 756. The van der Waals surface area contributed by atoms with Gasteiger partial charge in [0, 0.05) is 25.2 Å². The van der Waals surface area contributed by atoms with Crippen molar-refractivity contribution in [2.45, 2.75) is 38.8 Å². The van der Waals surface area contributed by atoms with E-state index in [1.165, 1.54) is 22.4 Å². The molecule has 140 valence electrons. The largest absolute Gasteiger partial charge is 0.349 e. The van der Waals surface area contributed by atoms with Crippen molar-refractivity contribution in [2.24, 2.45) is 0 Å². The normalized spacial score (nSPS) is 12.2. The third-order valence-electron chi connectivity index (χ3n) is 4.37. The van der Waals surface area contributed by atoms with E-state index in [1.54, 1.807) is 0 Å². The van der Waals surface area contributed by atoms with Gasteiger partial charge in [0.15, 0.2) is 0 Å². The molecule has 1 N–H and O–H groups in total. The molecule has 6 nitrogen and oxygen atoms in total. The molecular weight excluding hydrogens is 328 g/mol. The fourth-order valence-corrected chi connectivity index (χ4v) is 2.66. The summed E-state index contributed by atoms with van der Waals surface area (Å²) in [4.78, 5) is 26.4. The van der Waals surface area contributed by atoms with Crippen LogP contribution in [0.25, 0.3) is 0 Å². The number of amides is 1. The first kappa shape index (κ1) is 19.8. The van der Waals surface area contributed by atoms with E-state index in [1.807, 2.05) is 32.3 Å². The Balaban J connectivity index is 2.00. The number of aromatic nitrogens is 2. The van der Waals surface area contributed by atoms with Crippen molar-refractivity contribution in [3.63, 3.8) is 0 Å². The van der Waals surface area contributed by atoms with Crippen molar-refractivity contribution in [3.8, 4) is 0 Å². The highest BCUT2D eigenvalue weighted by Crippen LogP contribution is 2.06. The van der Waals surface area contributed by atoms with E-state index in [0.717, 1.165) is 19.3 Å². The number of aryl methyl sites for hydroxylation is 1. The van der Waals surface area contributed by atoms with Crippen LogP contribution in [0.1, 0.15) is 35.8 Å². The van der Waals surface area contributed by atoms with Crippen LogP contribution < -0.4 is 10.9 Å². The monoisotopic (exact) mass is 356 g/mol. The first-order valence-electron chi connectivity index (χ1n) is 9.08. The molecule has 0 saturated carbocycles. The number of benzene rings is 1. The number of hydrogen-bond acceptors (Lipinski definition) is 4. The molecule has 0 aliphatic heterocycles. The molecule has 6 heteroatoms.